The van der Waals surface area contributed by atoms with Crippen LogP contribution in [0.1, 0.15) is 16.0 Å². The molecule has 1 aliphatic heterocycles. The zero-order valence-electron chi connectivity index (χ0n) is 10.8. The molecule has 1 N–H and O–H groups in total. The molecule has 1 aromatic carbocycles. The van der Waals surface area contributed by atoms with Gasteiger partial charge in [-0.25, -0.2) is 0 Å². The van der Waals surface area contributed by atoms with Crippen molar-refractivity contribution >= 4 is 22.7 Å². The Morgan fingerprint density at radius 2 is 2.25 bits per heavy atom. The lowest BCUT2D eigenvalue weighted by molar-refractivity contribution is -0.385. The number of nitrogens with zero attached hydrogens (tertiary/aromatic N) is 2. The standard InChI is InChI=1S/C14H14N2O3S/c17-9-11-7-12(1-2-13(11)16(18)19)15-5-3-14-10(8-15)4-6-20-14/h1-2,4,6-7,17H,3,5,8-9H2. The van der Waals surface area contributed by atoms with E-state index in [1.165, 1.54) is 16.5 Å². The SMILES string of the molecule is O=[N+]([O-])c1ccc(N2CCc3sccc3C2)cc1CO. The largest absolute Gasteiger partial charge is 0.391 e. The van der Waals surface area contributed by atoms with Gasteiger partial charge in [0.2, 0.25) is 0 Å². The van der Waals surface area contributed by atoms with E-state index in [1.54, 1.807) is 23.5 Å². The summed E-state index contributed by atoms with van der Waals surface area (Å²) in [4.78, 5) is 14.0. The molecule has 3 rings (SSSR count). The van der Waals surface area contributed by atoms with Crippen LogP contribution < -0.4 is 4.90 Å². The molecule has 1 aliphatic rings. The Morgan fingerprint density at radius 3 is 3.00 bits per heavy atom. The number of aliphatic hydroxyl groups is 1. The van der Waals surface area contributed by atoms with Crippen molar-refractivity contribution in [1.29, 1.82) is 0 Å². The third-order valence-electron chi connectivity index (χ3n) is 3.60. The quantitative estimate of drug-likeness (QED) is 0.697. The molecule has 0 amide bonds. The Bertz CT molecular complexity index is 654. The van der Waals surface area contributed by atoms with Crippen molar-refractivity contribution in [2.45, 2.75) is 19.6 Å². The molecule has 0 spiro atoms. The molecule has 6 heteroatoms. The van der Waals surface area contributed by atoms with Crippen LogP contribution in [-0.2, 0) is 19.6 Å². The van der Waals surface area contributed by atoms with Crippen molar-refractivity contribution in [3.05, 3.63) is 55.8 Å². The third kappa shape index (κ3) is 2.28. The van der Waals surface area contributed by atoms with Crippen LogP contribution in [0.3, 0.4) is 0 Å². The highest BCUT2D eigenvalue weighted by Crippen LogP contribution is 2.30. The highest BCUT2D eigenvalue weighted by Gasteiger charge is 2.20. The summed E-state index contributed by atoms with van der Waals surface area (Å²) in [6.45, 7) is 1.40. The molecule has 1 aromatic heterocycles. The van der Waals surface area contributed by atoms with Crippen LogP contribution in [0.25, 0.3) is 0 Å². The fraction of sp³-hybridized carbons (Fsp3) is 0.286. The maximum Gasteiger partial charge on any atom is 0.275 e. The minimum Gasteiger partial charge on any atom is -0.391 e. The average molecular weight is 290 g/mol. The molecule has 5 nitrogen and oxygen atoms in total. The molecule has 0 atom stereocenters. The summed E-state index contributed by atoms with van der Waals surface area (Å²) in [5.74, 6) is 0. The topological polar surface area (TPSA) is 66.6 Å². The Balaban J connectivity index is 1.90. The van der Waals surface area contributed by atoms with Crippen LogP contribution in [0, 0.1) is 10.1 Å². The van der Waals surface area contributed by atoms with Gasteiger partial charge in [0.05, 0.1) is 17.1 Å². The summed E-state index contributed by atoms with van der Waals surface area (Å²) >= 11 is 1.78. The molecule has 0 radical (unpaired) electrons. The molecular weight excluding hydrogens is 276 g/mol. The zero-order chi connectivity index (χ0) is 14.1. The fourth-order valence-electron chi connectivity index (χ4n) is 2.54. The molecular formula is C14H14N2O3S. The van der Waals surface area contributed by atoms with Crippen molar-refractivity contribution in [1.82, 2.24) is 0 Å². The minimum absolute atomic E-state index is 0.0236. The minimum atomic E-state index is -0.456. The van der Waals surface area contributed by atoms with E-state index in [9.17, 15) is 15.2 Å². The third-order valence-corrected chi connectivity index (χ3v) is 4.63. The van der Waals surface area contributed by atoms with Crippen molar-refractivity contribution < 1.29 is 10.0 Å². The molecule has 0 saturated heterocycles. The number of nitro benzene ring substituents is 1. The molecule has 0 saturated carbocycles. The number of nitro groups is 1. The van der Waals surface area contributed by atoms with Crippen LogP contribution in [-0.4, -0.2) is 16.6 Å². The molecule has 0 unspecified atom stereocenters. The Morgan fingerprint density at radius 1 is 1.40 bits per heavy atom. The Hall–Kier alpha value is -1.92. The first-order valence-corrected chi connectivity index (χ1v) is 7.25. The number of hydrogen-bond acceptors (Lipinski definition) is 5. The first-order chi connectivity index (χ1) is 9.69. The van der Waals surface area contributed by atoms with Crippen molar-refractivity contribution in [3.8, 4) is 0 Å². The van der Waals surface area contributed by atoms with E-state index in [2.05, 4.69) is 16.3 Å². The van der Waals surface area contributed by atoms with Crippen LogP contribution in [0.4, 0.5) is 11.4 Å². The second-order valence-corrected chi connectivity index (χ2v) is 5.77. The van der Waals surface area contributed by atoms with E-state index in [4.69, 9.17) is 0 Å². The van der Waals surface area contributed by atoms with Gasteiger partial charge in [-0.05, 0) is 35.6 Å². The van der Waals surface area contributed by atoms with Gasteiger partial charge in [-0.3, -0.25) is 10.1 Å². The summed E-state index contributed by atoms with van der Waals surface area (Å²) in [6.07, 6.45) is 0.998. The van der Waals surface area contributed by atoms with Crippen molar-refractivity contribution in [2.24, 2.45) is 0 Å². The highest BCUT2D eigenvalue weighted by molar-refractivity contribution is 7.10. The van der Waals surface area contributed by atoms with Crippen molar-refractivity contribution in [2.75, 3.05) is 11.4 Å². The fourth-order valence-corrected chi connectivity index (χ4v) is 3.43. The molecule has 104 valence electrons. The Labute approximate surface area is 120 Å². The van der Waals surface area contributed by atoms with Crippen LogP contribution >= 0.6 is 11.3 Å². The second kappa shape index (κ2) is 5.22. The molecule has 0 fully saturated rings. The highest BCUT2D eigenvalue weighted by atomic mass is 32.1. The van der Waals surface area contributed by atoms with Gasteiger partial charge in [0, 0.05) is 29.7 Å². The Kier molecular flexibility index (Phi) is 3.42. The van der Waals surface area contributed by atoms with Gasteiger partial charge in [0.1, 0.15) is 0 Å². The summed E-state index contributed by atoms with van der Waals surface area (Å²) < 4.78 is 0. The first kappa shape index (κ1) is 13.1. The number of aliphatic hydroxyl groups excluding tert-OH is 1. The van der Waals surface area contributed by atoms with E-state index < -0.39 is 4.92 Å². The first-order valence-electron chi connectivity index (χ1n) is 6.37. The predicted octanol–water partition coefficient (Wildman–Crippen LogP) is 2.71. The summed E-state index contributed by atoms with van der Waals surface area (Å²) in [5, 5.41) is 22.3. The molecule has 2 heterocycles. The lowest BCUT2D eigenvalue weighted by Crippen LogP contribution is -2.29. The van der Waals surface area contributed by atoms with Gasteiger partial charge in [0.25, 0.3) is 5.69 Å². The van der Waals surface area contributed by atoms with E-state index in [-0.39, 0.29) is 12.3 Å². The van der Waals surface area contributed by atoms with Crippen LogP contribution in [0.2, 0.25) is 0 Å². The van der Waals surface area contributed by atoms with E-state index in [0.29, 0.717) is 5.56 Å². The maximum absolute atomic E-state index is 10.9. The summed E-state index contributed by atoms with van der Waals surface area (Å²) in [7, 11) is 0. The molecule has 2 aromatic rings. The average Bonchev–Trinajstić information content (AvgIpc) is 2.93. The number of rotatable bonds is 3. The lowest BCUT2D eigenvalue weighted by atomic mass is 10.1. The monoisotopic (exact) mass is 290 g/mol. The van der Waals surface area contributed by atoms with Crippen LogP contribution in [0.15, 0.2) is 29.6 Å². The lowest BCUT2D eigenvalue weighted by Gasteiger charge is -2.29. The number of benzene rings is 1. The molecule has 0 aliphatic carbocycles. The maximum atomic E-state index is 10.9. The van der Waals surface area contributed by atoms with Gasteiger partial charge >= 0.3 is 0 Å². The summed E-state index contributed by atoms with van der Waals surface area (Å²) in [6, 6.07) is 7.08. The van der Waals surface area contributed by atoms with Gasteiger partial charge in [-0.15, -0.1) is 11.3 Å². The van der Waals surface area contributed by atoms with Gasteiger partial charge in [0.15, 0.2) is 0 Å². The van der Waals surface area contributed by atoms with Crippen LogP contribution in [0.5, 0.6) is 0 Å². The number of fused-ring (bicyclic) bond motifs is 1. The van der Waals surface area contributed by atoms with Crippen molar-refractivity contribution in [3.63, 3.8) is 0 Å². The normalized spacial score (nSPS) is 14.2. The predicted molar refractivity (Wildman–Crippen MR) is 78.1 cm³/mol. The number of anilines is 1. The van der Waals surface area contributed by atoms with Gasteiger partial charge in [-0.2, -0.15) is 0 Å². The van der Waals surface area contributed by atoms with E-state index >= 15 is 0 Å². The van der Waals surface area contributed by atoms with Gasteiger partial charge in [-0.1, -0.05) is 0 Å². The number of thiophene rings is 1. The number of hydrogen-bond donors (Lipinski definition) is 1. The van der Waals surface area contributed by atoms with E-state index in [1.807, 2.05) is 0 Å². The second-order valence-electron chi connectivity index (χ2n) is 4.77. The molecule has 20 heavy (non-hydrogen) atoms. The zero-order valence-corrected chi connectivity index (χ0v) is 11.6. The van der Waals surface area contributed by atoms with Gasteiger partial charge < -0.3 is 10.0 Å². The molecule has 0 bridgehead atoms. The smallest absolute Gasteiger partial charge is 0.275 e. The summed E-state index contributed by atoms with van der Waals surface area (Å²) in [5.41, 5.74) is 2.59. The van der Waals surface area contributed by atoms with E-state index in [0.717, 1.165) is 25.2 Å².